The molecule has 0 radical (unpaired) electrons. The van der Waals surface area contributed by atoms with Crippen LogP contribution in [-0.2, 0) is 17.5 Å². The Kier molecular flexibility index (Phi) is 7.37. The maximum Gasteiger partial charge on any atom is 0.261 e. The van der Waals surface area contributed by atoms with E-state index in [1.54, 1.807) is 64.9 Å². The van der Waals surface area contributed by atoms with Crippen LogP contribution in [0.3, 0.4) is 0 Å². The molecule has 6 aromatic rings. The molecule has 0 bridgehead atoms. The van der Waals surface area contributed by atoms with Crippen molar-refractivity contribution < 1.29 is 17.8 Å². The van der Waals surface area contributed by atoms with Gasteiger partial charge in [-0.3, -0.25) is 18.5 Å². The van der Waals surface area contributed by atoms with Gasteiger partial charge in [0.05, 0.1) is 35.0 Å². The summed E-state index contributed by atoms with van der Waals surface area (Å²) in [5.74, 6) is -0.508. The lowest BCUT2D eigenvalue weighted by atomic mass is 9.97. The van der Waals surface area contributed by atoms with Gasteiger partial charge in [0.2, 0.25) is 0 Å². The molecule has 0 fully saturated rings. The fraction of sp³-hybridized carbons (Fsp3) is 0.121. The lowest BCUT2D eigenvalue weighted by Crippen LogP contribution is -2.21. The Morgan fingerprint density at radius 1 is 1.00 bits per heavy atom. The van der Waals surface area contributed by atoms with Crippen LogP contribution in [-0.4, -0.2) is 40.0 Å². The van der Waals surface area contributed by atoms with Crippen LogP contribution < -0.4 is 15.2 Å². The summed E-state index contributed by atoms with van der Waals surface area (Å²) in [4.78, 5) is 31.3. The summed E-state index contributed by atoms with van der Waals surface area (Å²) >= 11 is 0. The number of carbonyl (C=O) groups is 1. The van der Waals surface area contributed by atoms with Crippen LogP contribution in [0.2, 0.25) is 0 Å². The molecule has 1 unspecified atom stereocenters. The monoisotopic (exact) mass is 594 g/mol. The van der Waals surface area contributed by atoms with Gasteiger partial charge in [0.15, 0.2) is 0 Å². The number of benzene rings is 4. The fourth-order valence-electron chi connectivity index (χ4n) is 5.14. The van der Waals surface area contributed by atoms with Crippen LogP contribution in [0.15, 0.2) is 100 Å². The molecule has 8 nitrogen and oxygen atoms in total. The highest BCUT2D eigenvalue weighted by atomic mass is 32.2. The summed E-state index contributed by atoms with van der Waals surface area (Å²) in [5, 5.41) is 3.61. The van der Waals surface area contributed by atoms with Crippen molar-refractivity contribution in [2.75, 3.05) is 24.7 Å². The van der Waals surface area contributed by atoms with Crippen LogP contribution in [0.4, 0.5) is 10.1 Å². The van der Waals surface area contributed by atoms with Crippen molar-refractivity contribution in [3.8, 4) is 22.5 Å². The maximum atomic E-state index is 13.7. The molecule has 0 aliphatic carbocycles. The van der Waals surface area contributed by atoms with Gasteiger partial charge in [0.1, 0.15) is 28.1 Å². The normalized spacial score (nSPS) is 12.0. The smallest absolute Gasteiger partial charge is 0.261 e. The minimum absolute atomic E-state index is 0.196. The van der Waals surface area contributed by atoms with E-state index in [1.807, 2.05) is 36.4 Å². The molecular formula is C33H27FN4O4S. The molecule has 0 aliphatic heterocycles. The number of rotatable bonds is 7. The quantitative estimate of drug-likeness (QED) is 0.254. The number of furan rings is 1. The topological polar surface area (TPSA) is 97.4 Å². The molecule has 2 aromatic heterocycles. The van der Waals surface area contributed by atoms with Gasteiger partial charge in [-0.1, -0.05) is 36.4 Å². The molecule has 2 heterocycles. The first-order valence-electron chi connectivity index (χ1n) is 13.4. The van der Waals surface area contributed by atoms with E-state index in [4.69, 9.17) is 4.42 Å². The van der Waals surface area contributed by atoms with E-state index in [-0.39, 0.29) is 22.8 Å². The highest BCUT2D eigenvalue weighted by Gasteiger charge is 2.25. The average molecular weight is 595 g/mol. The number of fused-ring (bicyclic) bond motifs is 2. The van der Waals surface area contributed by atoms with Crippen LogP contribution >= 0.6 is 0 Å². The summed E-state index contributed by atoms with van der Waals surface area (Å²) in [5.41, 5.74) is 4.41. The summed E-state index contributed by atoms with van der Waals surface area (Å²) in [6.45, 7) is 0.373. The van der Waals surface area contributed by atoms with Crippen molar-refractivity contribution in [3.05, 3.63) is 119 Å². The number of carbonyl (C=O) groups excluding carboxylic acids is 1. The molecule has 1 atom stereocenters. The van der Waals surface area contributed by atoms with Gasteiger partial charge < -0.3 is 9.73 Å². The van der Waals surface area contributed by atoms with Crippen LogP contribution in [0.5, 0.6) is 0 Å². The molecule has 4 aromatic carbocycles. The number of hydrogen-bond donors (Lipinski definition) is 1. The number of hydrogen-bond acceptors (Lipinski definition) is 5. The Hall–Kier alpha value is -5.09. The molecule has 216 valence electrons. The summed E-state index contributed by atoms with van der Waals surface area (Å²) in [6.07, 6.45) is 3.10. The zero-order chi connectivity index (χ0) is 30.2. The minimum atomic E-state index is -1.40. The average Bonchev–Trinajstić information content (AvgIpc) is 3.40. The molecule has 1 amide bonds. The van der Waals surface area contributed by atoms with Gasteiger partial charge in [-0.25, -0.2) is 13.6 Å². The predicted molar refractivity (Wildman–Crippen MR) is 168 cm³/mol. The third-order valence-electron chi connectivity index (χ3n) is 7.42. The molecule has 6 rings (SSSR count). The van der Waals surface area contributed by atoms with E-state index >= 15 is 0 Å². The van der Waals surface area contributed by atoms with Crippen molar-refractivity contribution in [2.45, 2.75) is 6.54 Å². The van der Waals surface area contributed by atoms with E-state index in [2.05, 4.69) is 10.3 Å². The standard InChI is InChI=1S/C33H27FN4O4S/c1-35-32(39)30-26-16-24(28(37(2)43(3)41)17-29(26)42-31(30)21-9-12-23(34)13-10-21)22-11-14-27-25(15-22)33(40)38(19-36-27)18-20-7-5-4-6-8-20/h4-17,19H,18H2,1-3H3,(H,35,39). The van der Waals surface area contributed by atoms with Gasteiger partial charge in [-0.2, -0.15) is 0 Å². The van der Waals surface area contributed by atoms with E-state index in [9.17, 15) is 18.2 Å². The molecule has 0 saturated carbocycles. The lowest BCUT2D eigenvalue weighted by Gasteiger charge is -2.20. The predicted octanol–water partition coefficient (Wildman–Crippen LogP) is 5.75. The van der Waals surface area contributed by atoms with Crippen LogP contribution in [0, 0.1) is 5.82 Å². The number of anilines is 1. The second-order valence-electron chi connectivity index (χ2n) is 10.1. The molecule has 43 heavy (non-hydrogen) atoms. The van der Waals surface area contributed by atoms with Crippen molar-refractivity contribution >= 4 is 44.5 Å². The molecule has 10 heteroatoms. The molecule has 0 saturated heterocycles. The van der Waals surface area contributed by atoms with Crippen LogP contribution in [0.25, 0.3) is 44.3 Å². The Labute approximate surface area is 249 Å². The largest absolute Gasteiger partial charge is 0.455 e. The van der Waals surface area contributed by atoms with E-state index in [0.717, 1.165) is 5.56 Å². The number of nitrogens with zero attached hydrogens (tertiary/aromatic N) is 3. The van der Waals surface area contributed by atoms with Gasteiger partial charge in [-0.15, -0.1) is 0 Å². The van der Waals surface area contributed by atoms with Crippen molar-refractivity contribution in [1.29, 1.82) is 0 Å². The Balaban J connectivity index is 1.58. The number of aromatic nitrogens is 2. The number of amides is 1. The second-order valence-corrected chi connectivity index (χ2v) is 11.5. The highest BCUT2D eigenvalue weighted by molar-refractivity contribution is 7.85. The Bertz CT molecular complexity index is 2090. The second kappa shape index (κ2) is 11.3. The van der Waals surface area contributed by atoms with E-state index in [1.165, 1.54) is 19.2 Å². The SMILES string of the molecule is CNC(=O)c1c(-c2ccc(F)cc2)oc2cc(N(C)S(C)=O)c(-c3ccc4ncn(Cc5ccccc5)c(=O)c4c3)cc12. The van der Waals surface area contributed by atoms with Gasteiger partial charge in [-0.05, 0) is 53.6 Å². The Morgan fingerprint density at radius 2 is 1.72 bits per heavy atom. The van der Waals surface area contributed by atoms with Crippen molar-refractivity contribution in [3.63, 3.8) is 0 Å². The van der Waals surface area contributed by atoms with Crippen LogP contribution in [0.1, 0.15) is 15.9 Å². The molecule has 1 N–H and O–H groups in total. The third kappa shape index (κ3) is 5.21. The fourth-order valence-corrected chi connectivity index (χ4v) is 5.56. The summed E-state index contributed by atoms with van der Waals surface area (Å²) in [6, 6.07) is 24.3. The van der Waals surface area contributed by atoms with Gasteiger partial charge >= 0.3 is 0 Å². The van der Waals surface area contributed by atoms with Gasteiger partial charge in [0.25, 0.3) is 11.5 Å². The number of nitrogens with one attached hydrogen (secondary N) is 1. The lowest BCUT2D eigenvalue weighted by molar-refractivity contribution is 0.0964. The van der Waals surface area contributed by atoms with Gasteiger partial charge in [0, 0.05) is 42.9 Å². The zero-order valence-corrected chi connectivity index (χ0v) is 24.4. The minimum Gasteiger partial charge on any atom is -0.455 e. The summed E-state index contributed by atoms with van der Waals surface area (Å²) in [7, 11) is 1.82. The van der Waals surface area contributed by atoms with E-state index < -0.39 is 16.8 Å². The third-order valence-corrected chi connectivity index (χ3v) is 8.39. The van der Waals surface area contributed by atoms with Crippen molar-refractivity contribution in [1.82, 2.24) is 14.9 Å². The molecule has 0 spiro atoms. The first-order valence-corrected chi connectivity index (χ1v) is 15.0. The highest BCUT2D eigenvalue weighted by Crippen LogP contribution is 2.41. The Morgan fingerprint density at radius 3 is 2.42 bits per heavy atom. The molecular weight excluding hydrogens is 567 g/mol. The number of halogens is 1. The first-order chi connectivity index (χ1) is 20.7. The van der Waals surface area contributed by atoms with E-state index in [0.29, 0.717) is 50.8 Å². The maximum absolute atomic E-state index is 13.7. The van der Waals surface area contributed by atoms with Crippen molar-refractivity contribution in [2.24, 2.45) is 0 Å². The first kappa shape index (κ1) is 28.0. The zero-order valence-electron chi connectivity index (χ0n) is 23.6. The summed E-state index contributed by atoms with van der Waals surface area (Å²) < 4.78 is 35.7. The molecule has 0 aliphatic rings.